The Kier molecular flexibility index (Phi) is 11.3. The number of allylic oxidation sites excluding steroid dienone is 4. The van der Waals surface area contributed by atoms with Gasteiger partial charge in [0.1, 0.15) is 0 Å². The van der Waals surface area contributed by atoms with Crippen LogP contribution < -0.4 is 0 Å². The molecule has 0 spiro atoms. The number of hydrogen-bond acceptors (Lipinski definition) is 0. The maximum Gasteiger partial charge on any atom is 0.0896 e. The van der Waals surface area contributed by atoms with Gasteiger partial charge in [0, 0.05) is 0 Å². The SMILES string of the molecule is CC.CC(/C=C(\C=C\F)C(C)C)=C\F. The lowest BCUT2D eigenvalue weighted by Gasteiger charge is -2.04. The molecule has 0 aliphatic heterocycles. The predicted molar refractivity (Wildman–Crippen MR) is 59.4 cm³/mol. The Hall–Kier alpha value is -0.920. The second kappa shape index (κ2) is 10.2. The van der Waals surface area contributed by atoms with Crippen LogP contribution in [0.2, 0.25) is 0 Å². The van der Waals surface area contributed by atoms with Crippen LogP contribution in [0.15, 0.2) is 36.0 Å². The minimum Gasteiger partial charge on any atom is -0.216 e. The van der Waals surface area contributed by atoms with Gasteiger partial charge in [-0.25, -0.2) is 8.78 Å². The van der Waals surface area contributed by atoms with E-state index in [0.717, 1.165) is 5.57 Å². The topological polar surface area (TPSA) is 0 Å². The van der Waals surface area contributed by atoms with Gasteiger partial charge >= 0.3 is 0 Å². The lowest BCUT2D eigenvalue weighted by molar-refractivity contribution is 0.706. The highest BCUT2D eigenvalue weighted by molar-refractivity contribution is 5.28. The quantitative estimate of drug-likeness (QED) is 0.568. The monoisotopic (exact) mass is 202 g/mol. The summed E-state index contributed by atoms with van der Waals surface area (Å²) in [7, 11) is 0. The van der Waals surface area contributed by atoms with Gasteiger partial charge in [-0.2, -0.15) is 0 Å². The molecule has 0 aromatic heterocycles. The summed E-state index contributed by atoms with van der Waals surface area (Å²) in [6, 6.07) is 0. The molecular formula is C12H20F2. The van der Waals surface area contributed by atoms with E-state index in [1.165, 1.54) is 6.08 Å². The third-order valence-corrected chi connectivity index (χ3v) is 1.49. The van der Waals surface area contributed by atoms with Crippen molar-refractivity contribution in [3.63, 3.8) is 0 Å². The largest absolute Gasteiger partial charge is 0.216 e. The summed E-state index contributed by atoms with van der Waals surface area (Å²) < 4.78 is 23.7. The molecule has 0 amide bonds. The minimum atomic E-state index is 0.201. The second-order valence-electron chi connectivity index (χ2n) is 2.94. The van der Waals surface area contributed by atoms with Crippen molar-refractivity contribution in [3.8, 4) is 0 Å². The first-order valence-corrected chi connectivity index (χ1v) is 4.87. The van der Waals surface area contributed by atoms with E-state index in [2.05, 4.69) is 0 Å². The van der Waals surface area contributed by atoms with Crippen molar-refractivity contribution in [3.05, 3.63) is 36.0 Å². The molecule has 0 N–H and O–H groups in total. The Morgan fingerprint density at radius 3 is 1.93 bits per heavy atom. The first kappa shape index (κ1) is 15.5. The fourth-order valence-corrected chi connectivity index (χ4v) is 0.774. The van der Waals surface area contributed by atoms with Gasteiger partial charge in [-0.3, -0.25) is 0 Å². The van der Waals surface area contributed by atoms with E-state index in [1.54, 1.807) is 13.0 Å². The zero-order chi connectivity index (χ0) is 11.6. The number of hydrogen-bond donors (Lipinski definition) is 0. The van der Waals surface area contributed by atoms with Crippen molar-refractivity contribution in [2.75, 3.05) is 0 Å². The summed E-state index contributed by atoms with van der Waals surface area (Å²) in [5, 5.41) is 0. The van der Waals surface area contributed by atoms with Gasteiger partial charge in [0.2, 0.25) is 0 Å². The molecule has 0 aromatic rings. The van der Waals surface area contributed by atoms with Gasteiger partial charge in [0.15, 0.2) is 0 Å². The molecule has 0 nitrogen and oxygen atoms in total. The first-order chi connectivity index (χ1) is 6.61. The van der Waals surface area contributed by atoms with Gasteiger partial charge in [-0.15, -0.1) is 0 Å². The average molecular weight is 202 g/mol. The molecule has 0 saturated carbocycles. The molecule has 0 aromatic carbocycles. The Labute approximate surface area is 86.0 Å². The van der Waals surface area contributed by atoms with Crippen LogP contribution in [0.25, 0.3) is 0 Å². The molecule has 0 bridgehead atoms. The molecule has 82 valence electrons. The Morgan fingerprint density at radius 2 is 1.64 bits per heavy atom. The van der Waals surface area contributed by atoms with Crippen molar-refractivity contribution in [2.24, 2.45) is 5.92 Å². The van der Waals surface area contributed by atoms with Crippen LogP contribution >= 0.6 is 0 Å². The molecule has 0 fully saturated rings. The van der Waals surface area contributed by atoms with Crippen molar-refractivity contribution in [2.45, 2.75) is 34.6 Å². The van der Waals surface area contributed by atoms with E-state index < -0.39 is 0 Å². The number of halogens is 2. The lowest BCUT2D eigenvalue weighted by Crippen LogP contribution is -1.90. The predicted octanol–water partition coefficient (Wildman–Crippen LogP) is 4.95. The molecule has 14 heavy (non-hydrogen) atoms. The zero-order valence-electron chi connectivity index (χ0n) is 9.64. The Balaban J connectivity index is 0. The van der Waals surface area contributed by atoms with E-state index in [-0.39, 0.29) is 5.92 Å². The molecule has 0 aliphatic carbocycles. The van der Waals surface area contributed by atoms with Gasteiger partial charge < -0.3 is 0 Å². The smallest absolute Gasteiger partial charge is 0.0896 e. The van der Waals surface area contributed by atoms with Crippen LogP contribution in [-0.2, 0) is 0 Å². The standard InChI is InChI=1S/C10H14F2.C2H6/c1-8(2)10(4-5-11)6-9(3)7-12;1-2/h4-8H,1-3H3;1-2H3/b5-4+,9-7+,10-6+;. The molecular weight excluding hydrogens is 182 g/mol. The summed E-state index contributed by atoms with van der Waals surface area (Å²) in [5.74, 6) is 0.201. The molecule has 0 aliphatic rings. The van der Waals surface area contributed by atoms with E-state index in [4.69, 9.17) is 0 Å². The van der Waals surface area contributed by atoms with Crippen molar-refractivity contribution in [1.82, 2.24) is 0 Å². The lowest BCUT2D eigenvalue weighted by atomic mass is 10.0. The summed E-state index contributed by atoms with van der Waals surface area (Å²) in [6.07, 6.45) is 3.95. The van der Waals surface area contributed by atoms with Gasteiger partial charge in [-0.05, 0) is 30.1 Å². The molecule has 0 atom stereocenters. The van der Waals surface area contributed by atoms with E-state index in [0.29, 0.717) is 18.2 Å². The van der Waals surface area contributed by atoms with Crippen LogP contribution in [0, 0.1) is 5.92 Å². The minimum absolute atomic E-state index is 0.201. The maximum atomic E-state index is 11.9. The van der Waals surface area contributed by atoms with Crippen LogP contribution in [0.3, 0.4) is 0 Å². The van der Waals surface area contributed by atoms with Gasteiger partial charge in [0.25, 0.3) is 0 Å². The highest BCUT2D eigenvalue weighted by atomic mass is 19.1. The summed E-state index contributed by atoms with van der Waals surface area (Å²) in [5.41, 5.74) is 1.28. The Morgan fingerprint density at radius 1 is 1.14 bits per heavy atom. The summed E-state index contributed by atoms with van der Waals surface area (Å²) in [4.78, 5) is 0. The van der Waals surface area contributed by atoms with Crippen LogP contribution in [-0.4, -0.2) is 0 Å². The second-order valence-corrected chi connectivity index (χ2v) is 2.94. The van der Waals surface area contributed by atoms with Crippen LogP contribution in [0.5, 0.6) is 0 Å². The first-order valence-electron chi connectivity index (χ1n) is 4.87. The number of rotatable bonds is 3. The fourth-order valence-electron chi connectivity index (χ4n) is 0.774. The normalized spacial score (nSPS) is 13.1. The molecule has 0 saturated heterocycles. The van der Waals surface area contributed by atoms with Crippen LogP contribution in [0.1, 0.15) is 34.6 Å². The average Bonchev–Trinajstić information content (AvgIpc) is 2.19. The Bertz CT molecular complexity index is 210. The summed E-state index contributed by atoms with van der Waals surface area (Å²) >= 11 is 0. The van der Waals surface area contributed by atoms with E-state index in [9.17, 15) is 8.78 Å². The van der Waals surface area contributed by atoms with Crippen molar-refractivity contribution in [1.29, 1.82) is 0 Å². The maximum absolute atomic E-state index is 11.9. The molecule has 0 rings (SSSR count). The van der Waals surface area contributed by atoms with Crippen molar-refractivity contribution < 1.29 is 8.78 Å². The molecule has 2 heteroatoms. The van der Waals surface area contributed by atoms with E-state index >= 15 is 0 Å². The third kappa shape index (κ3) is 7.71. The molecule has 0 radical (unpaired) electrons. The highest BCUT2D eigenvalue weighted by Gasteiger charge is 1.98. The van der Waals surface area contributed by atoms with Gasteiger partial charge in [-0.1, -0.05) is 33.8 Å². The summed E-state index contributed by atoms with van der Waals surface area (Å²) in [6.45, 7) is 9.49. The highest BCUT2D eigenvalue weighted by Crippen LogP contribution is 2.14. The third-order valence-electron chi connectivity index (χ3n) is 1.49. The zero-order valence-corrected chi connectivity index (χ0v) is 9.64. The van der Waals surface area contributed by atoms with Crippen LogP contribution in [0.4, 0.5) is 8.78 Å². The van der Waals surface area contributed by atoms with Gasteiger partial charge in [0.05, 0.1) is 12.7 Å². The molecule has 0 unspecified atom stereocenters. The van der Waals surface area contributed by atoms with E-state index in [1.807, 2.05) is 27.7 Å². The fraction of sp³-hybridized carbons (Fsp3) is 0.500. The van der Waals surface area contributed by atoms with Crippen molar-refractivity contribution >= 4 is 0 Å². The molecule has 0 heterocycles.